The Morgan fingerprint density at radius 2 is 1.53 bits per heavy atom. The largest absolute Gasteiger partial charge is 0.497 e. The normalized spacial score (nSPS) is 12.6. The molecule has 3 aromatic rings. The SMILES string of the molecule is COc1ccc([C@@H](NC(=O)C[NH+](C)Cc2cccc(OC)c2)c2ccccc2)cc1. The van der Waals surface area contributed by atoms with Crippen molar-refractivity contribution in [3.8, 4) is 11.5 Å². The van der Waals surface area contributed by atoms with Crippen LogP contribution in [0.25, 0.3) is 0 Å². The monoisotopic (exact) mass is 405 g/mol. The highest BCUT2D eigenvalue weighted by Crippen LogP contribution is 2.24. The fraction of sp³-hybridized carbons (Fsp3) is 0.240. The quantitative estimate of drug-likeness (QED) is 0.576. The molecule has 0 radical (unpaired) electrons. The molecular formula is C25H29N2O3+. The molecule has 2 N–H and O–H groups in total. The van der Waals surface area contributed by atoms with Crippen molar-refractivity contribution >= 4 is 5.91 Å². The van der Waals surface area contributed by atoms with Gasteiger partial charge in [-0.05, 0) is 35.4 Å². The lowest BCUT2D eigenvalue weighted by Gasteiger charge is -2.21. The van der Waals surface area contributed by atoms with E-state index in [0.29, 0.717) is 6.54 Å². The number of nitrogens with one attached hydrogen (secondary N) is 2. The van der Waals surface area contributed by atoms with Crippen molar-refractivity contribution in [2.75, 3.05) is 27.8 Å². The third-order valence-electron chi connectivity index (χ3n) is 4.99. The summed E-state index contributed by atoms with van der Waals surface area (Å²) in [5, 5.41) is 3.20. The molecule has 0 saturated carbocycles. The first-order chi connectivity index (χ1) is 14.6. The van der Waals surface area contributed by atoms with Crippen LogP contribution >= 0.6 is 0 Å². The molecule has 0 aliphatic rings. The van der Waals surface area contributed by atoms with Gasteiger partial charge in [0, 0.05) is 5.56 Å². The van der Waals surface area contributed by atoms with Crippen LogP contribution in [0.4, 0.5) is 0 Å². The van der Waals surface area contributed by atoms with Crippen molar-refractivity contribution < 1.29 is 19.2 Å². The molecule has 5 nitrogen and oxygen atoms in total. The predicted octanol–water partition coefficient (Wildman–Crippen LogP) is 2.62. The van der Waals surface area contributed by atoms with Gasteiger partial charge in [-0.25, -0.2) is 0 Å². The molecule has 0 spiro atoms. The number of hydrogen-bond acceptors (Lipinski definition) is 3. The van der Waals surface area contributed by atoms with Crippen LogP contribution in [0.1, 0.15) is 22.7 Å². The summed E-state index contributed by atoms with van der Waals surface area (Å²) in [6.07, 6.45) is 0. The van der Waals surface area contributed by atoms with E-state index in [-0.39, 0.29) is 11.9 Å². The summed E-state index contributed by atoms with van der Waals surface area (Å²) in [5.74, 6) is 1.62. The zero-order valence-corrected chi connectivity index (χ0v) is 17.7. The summed E-state index contributed by atoms with van der Waals surface area (Å²) in [4.78, 5) is 14.0. The molecular weight excluding hydrogens is 376 g/mol. The number of hydrogen-bond donors (Lipinski definition) is 2. The number of likely N-dealkylation sites (N-methyl/N-ethyl adjacent to an activating group) is 1. The van der Waals surface area contributed by atoms with E-state index in [2.05, 4.69) is 5.32 Å². The van der Waals surface area contributed by atoms with E-state index < -0.39 is 0 Å². The van der Waals surface area contributed by atoms with Gasteiger partial charge in [0.25, 0.3) is 5.91 Å². The lowest BCUT2D eigenvalue weighted by atomic mass is 9.98. The number of quaternary nitrogens is 1. The fourth-order valence-corrected chi connectivity index (χ4v) is 3.48. The van der Waals surface area contributed by atoms with Crippen LogP contribution < -0.4 is 19.7 Å². The lowest BCUT2D eigenvalue weighted by molar-refractivity contribution is -0.885. The van der Waals surface area contributed by atoms with E-state index >= 15 is 0 Å². The summed E-state index contributed by atoms with van der Waals surface area (Å²) in [5.41, 5.74) is 3.19. The van der Waals surface area contributed by atoms with Crippen LogP contribution in [0, 0.1) is 0 Å². The van der Waals surface area contributed by atoms with Crippen LogP contribution in [0.3, 0.4) is 0 Å². The molecule has 3 aromatic carbocycles. The number of carbonyl (C=O) groups is 1. The molecule has 5 heteroatoms. The van der Waals surface area contributed by atoms with Gasteiger partial charge in [0.15, 0.2) is 6.54 Å². The van der Waals surface area contributed by atoms with Crippen LogP contribution in [0.15, 0.2) is 78.9 Å². The van der Waals surface area contributed by atoms with Crippen molar-refractivity contribution in [3.63, 3.8) is 0 Å². The summed E-state index contributed by atoms with van der Waals surface area (Å²) >= 11 is 0. The first-order valence-electron chi connectivity index (χ1n) is 10.0. The van der Waals surface area contributed by atoms with Crippen LogP contribution in [-0.4, -0.2) is 33.7 Å². The maximum absolute atomic E-state index is 12.9. The second-order valence-corrected chi connectivity index (χ2v) is 7.35. The Morgan fingerprint density at radius 3 is 2.20 bits per heavy atom. The Balaban J connectivity index is 1.69. The Labute approximate surface area is 178 Å². The van der Waals surface area contributed by atoms with Gasteiger partial charge in [-0.1, -0.05) is 54.6 Å². The average molecular weight is 406 g/mol. The van der Waals surface area contributed by atoms with Gasteiger partial charge in [0.2, 0.25) is 0 Å². The van der Waals surface area contributed by atoms with E-state index in [1.54, 1.807) is 14.2 Å². The Bertz CT molecular complexity index is 942. The number of methoxy groups -OCH3 is 2. The molecule has 0 aliphatic carbocycles. The van der Waals surface area contributed by atoms with Crippen molar-refractivity contribution in [1.29, 1.82) is 0 Å². The Kier molecular flexibility index (Phi) is 7.46. The maximum atomic E-state index is 12.9. The minimum atomic E-state index is -0.214. The van der Waals surface area contributed by atoms with Crippen LogP contribution in [0.2, 0.25) is 0 Å². The number of benzene rings is 3. The van der Waals surface area contributed by atoms with Gasteiger partial charge in [-0.2, -0.15) is 0 Å². The summed E-state index contributed by atoms with van der Waals surface area (Å²) in [7, 11) is 5.32. The van der Waals surface area contributed by atoms with E-state index in [4.69, 9.17) is 9.47 Å². The van der Waals surface area contributed by atoms with Crippen LogP contribution in [0.5, 0.6) is 11.5 Å². The van der Waals surface area contributed by atoms with Crippen molar-refractivity contribution in [2.45, 2.75) is 12.6 Å². The molecule has 0 saturated heterocycles. The van der Waals surface area contributed by atoms with Crippen molar-refractivity contribution in [3.05, 3.63) is 95.6 Å². The Morgan fingerprint density at radius 1 is 0.867 bits per heavy atom. The van der Waals surface area contributed by atoms with Gasteiger partial charge in [0.1, 0.15) is 18.0 Å². The number of carbonyl (C=O) groups excluding carboxylic acids is 1. The van der Waals surface area contributed by atoms with Crippen LogP contribution in [-0.2, 0) is 11.3 Å². The second-order valence-electron chi connectivity index (χ2n) is 7.35. The number of rotatable bonds is 9. The predicted molar refractivity (Wildman–Crippen MR) is 118 cm³/mol. The first-order valence-corrected chi connectivity index (χ1v) is 10.0. The third-order valence-corrected chi connectivity index (χ3v) is 4.99. The number of ether oxygens (including phenoxy) is 2. The summed E-state index contributed by atoms with van der Waals surface area (Å²) in [6, 6.07) is 25.5. The highest BCUT2D eigenvalue weighted by Gasteiger charge is 2.19. The smallest absolute Gasteiger partial charge is 0.275 e. The standard InChI is InChI=1S/C25H28N2O3/c1-27(17-19-8-7-11-23(16-19)30-3)18-24(28)26-25(20-9-5-4-6-10-20)21-12-14-22(29-2)15-13-21/h4-16,25H,17-18H2,1-3H3,(H,26,28)/p+1/t25-/m0/s1. The average Bonchev–Trinajstić information content (AvgIpc) is 2.78. The minimum absolute atomic E-state index is 0.0000623. The van der Waals surface area contributed by atoms with E-state index in [9.17, 15) is 4.79 Å². The highest BCUT2D eigenvalue weighted by molar-refractivity contribution is 5.78. The topological polar surface area (TPSA) is 52.0 Å². The van der Waals surface area contributed by atoms with Crippen molar-refractivity contribution in [1.82, 2.24) is 5.32 Å². The first kappa shape index (κ1) is 21.4. The Hall–Kier alpha value is -3.31. The lowest BCUT2D eigenvalue weighted by Crippen LogP contribution is -3.08. The maximum Gasteiger partial charge on any atom is 0.275 e. The summed E-state index contributed by atoms with van der Waals surface area (Å²) in [6.45, 7) is 1.11. The molecule has 0 aliphatic heterocycles. The van der Waals surface area contributed by atoms with Crippen molar-refractivity contribution in [2.24, 2.45) is 0 Å². The molecule has 2 atom stereocenters. The molecule has 1 unspecified atom stereocenters. The zero-order chi connectivity index (χ0) is 21.3. The van der Waals surface area contributed by atoms with Gasteiger partial charge >= 0.3 is 0 Å². The summed E-state index contributed by atoms with van der Waals surface area (Å²) < 4.78 is 10.5. The zero-order valence-electron chi connectivity index (χ0n) is 17.7. The van der Waals surface area contributed by atoms with Gasteiger partial charge in [-0.3, -0.25) is 4.79 Å². The van der Waals surface area contributed by atoms with E-state index in [1.807, 2.05) is 85.9 Å². The fourth-order valence-electron chi connectivity index (χ4n) is 3.48. The second kappa shape index (κ2) is 10.5. The molecule has 0 aromatic heterocycles. The molecule has 30 heavy (non-hydrogen) atoms. The molecule has 1 amide bonds. The van der Waals surface area contributed by atoms with E-state index in [0.717, 1.165) is 39.6 Å². The van der Waals surface area contributed by atoms with E-state index in [1.165, 1.54) is 0 Å². The highest BCUT2D eigenvalue weighted by atomic mass is 16.5. The molecule has 3 rings (SSSR count). The molecule has 0 fully saturated rings. The van der Waals surface area contributed by atoms with Gasteiger partial charge in [-0.15, -0.1) is 0 Å². The third kappa shape index (κ3) is 5.84. The minimum Gasteiger partial charge on any atom is -0.497 e. The van der Waals surface area contributed by atoms with Gasteiger partial charge in [0.05, 0.1) is 27.3 Å². The molecule has 0 heterocycles. The number of amides is 1. The van der Waals surface area contributed by atoms with Gasteiger partial charge < -0.3 is 19.7 Å². The molecule has 156 valence electrons. The molecule has 0 bridgehead atoms.